The summed E-state index contributed by atoms with van der Waals surface area (Å²) in [6.45, 7) is 1.30. The Bertz CT molecular complexity index is 799. The summed E-state index contributed by atoms with van der Waals surface area (Å²) in [5.41, 5.74) is 1.27. The molecule has 0 spiro atoms. The molecule has 1 atom stereocenters. The third-order valence-electron chi connectivity index (χ3n) is 4.16. The summed E-state index contributed by atoms with van der Waals surface area (Å²) in [5.74, 6) is -0.598. The average molecular weight is 393 g/mol. The highest BCUT2D eigenvalue weighted by Gasteiger charge is 2.25. The lowest BCUT2D eigenvalue weighted by molar-refractivity contribution is -0.137. The molecule has 1 aliphatic rings. The molecule has 0 aliphatic carbocycles. The fourth-order valence-corrected chi connectivity index (χ4v) is 3.16. The number of ether oxygens (including phenoxy) is 1. The van der Waals surface area contributed by atoms with E-state index in [1.165, 1.54) is 6.07 Å². The molecule has 1 heterocycles. The second-order valence-electron chi connectivity index (χ2n) is 5.92. The first kappa shape index (κ1) is 18.7. The van der Waals surface area contributed by atoms with Crippen molar-refractivity contribution in [2.75, 3.05) is 26.2 Å². The maximum atomic E-state index is 12.5. The van der Waals surface area contributed by atoms with Gasteiger partial charge in [-0.1, -0.05) is 53.5 Å². The number of halogens is 2. The molecular formula is C19H18Cl2N2O3. The number of hydrogen-bond donors (Lipinski definition) is 1. The molecule has 0 saturated carbocycles. The van der Waals surface area contributed by atoms with Crippen LogP contribution in [0.15, 0.2) is 48.5 Å². The lowest BCUT2D eigenvalue weighted by atomic mass is 10.1. The molecule has 136 valence electrons. The van der Waals surface area contributed by atoms with Gasteiger partial charge >= 0.3 is 0 Å². The summed E-state index contributed by atoms with van der Waals surface area (Å²) in [6, 6.07) is 14.4. The summed E-state index contributed by atoms with van der Waals surface area (Å²) >= 11 is 11.9. The second kappa shape index (κ2) is 8.54. The van der Waals surface area contributed by atoms with Gasteiger partial charge in [0.2, 0.25) is 5.91 Å². The van der Waals surface area contributed by atoms with Gasteiger partial charge in [0.25, 0.3) is 5.91 Å². The Morgan fingerprint density at radius 2 is 1.92 bits per heavy atom. The van der Waals surface area contributed by atoms with Gasteiger partial charge in [-0.2, -0.15) is 0 Å². The normalized spacial score (nSPS) is 17.0. The number of nitrogens with one attached hydrogen (secondary N) is 1. The maximum absolute atomic E-state index is 12.5. The summed E-state index contributed by atoms with van der Waals surface area (Å²) in [5, 5.41) is 3.30. The molecule has 1 fully saturated rings. The molecule has 1 aliphatic heterocycles. The van der Waals surface area contributed by atoms with E-state index >= 15 is 0 Å². The van der Waals surface area contributed by atoms with Gasteiger partial charge in [-0.3, -0.25) is 9.59 Å². The van der Waals surface area contributed by atoms with Crippen molar-refractivity contribution >= 4 is 35.0 Å². The molecule has 7 heteroatoms. The lowest BCUT2D eigenvalue weighted by Crippen LogP contribution is -2.46. The van der Waals surface area contributed by atoms with Crippen LogP contribution in [0.2, 0.25) is 10.0 Å². The van der Waals surface area contributed by atoms with Gasteiger partial charge in [-0.15, -0.1) is 0 Å². The Balaban J connectivity index is 1.57. The quantitative estimate of drug-likeness (QED) is 0.867. The number of benzene rings is 2. The van der Waals surface area contributed by atoms with Crippen LogP contribution in [0.5, 0.6) is 0 Å². The van der Waals surface area contributed by atoms with Crippen molar-refractivity contribution in [3.8, 4) is 0 Å². The molecule has 0 aromatic heterocycles. The van der Waals surface area contributed by atoms with Crippen LogP contribution in [0.3, 0.4) is 0 Å². The van der Waals surface area contributed by atoms with Gasteiger partial charge in [0.05, 0.1) is 30.3 Å². The standard InChI is InChI=1S/C19H18Cl2N2O3/c20-14-6-7-16(21)15(10-14)19(25)22-11-18(24)23-8-9-26-17(12-23)13-4-2-1-3-5-13/h1-7,10,17H,8-9,11-12H2,(H,22,25)/t17-/m1/s1. The number of nitrogens with zero attached hydrogens (tertiary/aromatic N) is 1. The van der Waals surface area contributed by atoms with E-state index in [1.54, 1.807) is 17.0 Å². The zero-order valence-electron chi connectivity index (χ0n) is 14.0. The van der Waals surface area contributed by atoms with Gasteiger partial charge in [-0.05, 0) is 23.8 Å². The molecule has 5 nitrogen and oxygen atoms in total. The molecule has 2 aromatic rings. The molecule has 2 amide bonds. The van der Waals surface area contributed by atoms with Crippen molar-refractivity contribution in [2.24, 2.45) is 0 Å². The fraction of sp³-hybridized carbons (Fsp3) is 0.263. The van der Waals surface area contributed by atoms with E-state index in [-0.39, 0.29) is 29.1 Å². The van der Waals surface area contributed by atoms with E-state index in [4.69, 9.17) is 27.9 Å². The summed E-state index contributed by atoms with van der Waals surface area (Å²) in [6.07, 6.45) is -0.160. The topological polar surface area (TPSA) is 58.6 Å². The lowest BCUT2D eigenvalue weighted by Gasteiger charge is -2.33. The van der Waals surface area contributed by atoms with Crippen molar-refractivity contribution in [3.05, 3.63) is 69.7 Å². The minimum Gasteiger partial charge on any atom is -0.370 e. The van der Waals surface area contributed by atoms with E-state index in [0.717, 1.165) is 5.56 Å². The van der Waals surface area contributed by atoms with Crippen molar-refractivity contribution in [1.82, 2.24) is 10.2 Å². The van der Waals surface area contributed by atoms with Crippen LogP contribution in [0.4, 0.5) is 0 Å². The van der Waals surface area contributed by atoms with Crippen molar-refractivity contribution in [2.45, 2.75) is 6.10 Å². The summed E-state index contributed by atoms with van der Waals surface area (Å²) < 4.78 is 5.75. The zero-order chi connectivity index (χ0) is 18.5. The van der Waals surface area contributed by atoms with Gasteiger partial charge in [0.15, 0.2) is 0 Å². The number of carbonyl (C=O) groups excluding carboxylic acids is 2. The number of carbonyl (C=O) groups is 2. The van der Waals surface area contributed by atoms with E-state index in [2.05, 4.69) is 5.32 Å². The molecule has 3 rings (SSSR count). The number of rotatable bonds is 4. The predicted octanol–water partition coefficient (Wildman–Crippen LogP) is 3.32. The van der Waals surface area contributed by atoms with Gasteiger partial charge in [-0.25, -0.2) is 0 Å². The zero-order valence-corrected chi connectivity index (χ0v) is 15.5. The van der Waals surface area contributed by atoms with Crippen LogP contribution < -0.4 is 5.32 Å². The number of morpholine rings is 1. The summed E-state index contributed by atoms with van der Waals surface area (Å²) in [7, 11) is 0. The predicted molar refractivity (Wildman–Crippen MR) is 101 cm³/mol. The number of hydrogen-bond acceptors (Lipinski definition) is 3. The highest BCUT2D eigenvalue weighted by atomic mass is 35.5. The highest BCUT2D eigenvalue weighted by molar-refractivity contribution is 6.35. The van der Waals surface area contributed by atoms with E-state index in [1.807, 2.05) is 30.3 Å². The van der Waals surface area contributed by atoms with E-state index < -0.39 is 5.91 Å². The third kappa shape index (κ3) is 4.55. The largest absolute Gasteiger partial charge is 0.370 e. The fourth-order valence-electron chi connectivity index (χ4n) is 2.78. The molecule has 0 unspecified atom stereocenters. The van der Waals surface area contributed by atoms with Crippen molar-refractivity contribution < 1.29 is 14.3 Å². The smallest absolute Gasteiger partial charge is 0.253 e. The van der Waals surface area contributed by atoms with Crippen molar-refractivity contribution in [3.63, 3.8) is 0 Å². The Morgan fingerprint density at radius 3 is 2.69 bits per heavy atom. The monoisotopic (exact) mass is 392 g/mol. The van der Waals surface area contributed by atoms with E-state index in [0.29, 0.717) is 24.7 Å². The molecule has 0 radical (unpaired) electrons. The average Bonchev–Trinajstić information content (AvgIpc) is 2.68. The molecule has 2 aromatic carbocycles. The van der Waals surface area contributed by atoms with Gasteiger partial charge in [0.1, 0.15) is 6.10 Å². The Kier molecular flexibility index (Phi) is 6.14. The molecule has 0 bridgehead atoms. The van der Waals surface area contributed by atoms with Gasteiger partial charge in [0, 0.05) is 11.6 Å². The first-order chi connectivity index (χ1) is 12.5. The van der Waals surface area contributed by atoms with Gasteiger partial charge < -0.3 is 15.0 Å². The minimum atomic E-state index is -0.432. The minimum absolute atomic E-state index is 0.108. The Hall–Kier alpha value is -2.08. The Labute approximate surface area is 161 Å². The van der Waals surface area contributed by atoms with Crippen molar-refractivity contribution in [1.29, 1.82) is 0 Å². The maximum Gasteiger partial charge on any atom is 0.253 e. The van der Waals surface area contributed by atoms with Crippen LogP contribution in [0, 0.1) is 0 Å². The summed E-state index contributed by atoms with van der Waals surface area (Å²) in [4.78, 5) is 26.4. The first-order valence-electron chi connectivity index (χ1n) is 8.22. The first-order valence-corrected chi connectivity index (χ1v) is 8.98. The van der Waals surface area contributed by atoms with Crippen LogP contribution in [-0.2, 0) is 9.53 Å². The number of amides is 2. The molecule has 1 saturated heterocycles. The van der Waals surface area contributed by atoms with Crippen LogP contribution in [-0.4, -0.2) is 43.0 Å². The van der Waals surface area contributed by atoms with E-state index in [9.17, 15) is 9.59 Å². The SMILES string of the molecule is O=C(NCC(=O)N1CCO[C@@H](c2ccccc2)C1)c1cc(Cl)ccc1Cl. The molecular weight excluding hydrogens is 375 g/mol. The molecule has 1 N–H and O–H groups in total. The van der Waals surface area contributed by atoms with Crippen LogP contribution in [0.25, 0.3) is 0 Å². The third-order valence-corrected chi connectivity index (χ3v) is 4.73. The Morgan fingerprint density at radius 1 is 1.15 bits per heavy atom. The second-order valence-corrected chi connectivity index (χ2v) is 6.76. The van der Waals surface area contributed by atoms with Crippen LogP contribution >= 0.6 is 23.2 Å². The highest BCUT2D eigenvalue weighted by Crippen LogP contribution is 2.22. The van der Waals surface area contributed by atoms with Crippen LogP contribution in [0.1, 0.15) is 22.0 Å². The molecule has 26 heavy (non-hydrogen) atoms.